The van der Waals surface area contributed by atoms with Crippen molar-refractivity contribution in [2.75, 3.05) is 6.61 Å². The fourth-order valence-corrected chi connectivity index (χ4v) is 3.11. The molecule has 0 aromatic heterocycles. The molecule has 0 saturated carbocycles. The van der Waals surface area contributed by atoms with Crippen molar-refractivity contribution >= 4 is 23.1 Å². The summed E-state index contributed by atoms with van der Waals surface area (Å²) >= 11 is 1.48. The molecule has 2 aromatic carbocycles. The average molecular weight is 384 g/mol. The van der Waals surface area contributed by atoms with Crippen molar-refractivity contribution in [2.24, 2.45) is 15.9 Å². The highest BCUT2D eigenvalue weighted by atomic mass is 32.2. The van der Waals surface area contributed by atoms with Crippen LogP contribution in [-0.2, 0) is 17.1 Å². The molecule has 27 heavy (non-hydrogen) atoms. The number of hydrogen-bond acceptors (Lipinski definition) is 4. The minimum absolute atomic E-state index is 0.460. The molecule has 2 N–H and O–H groups in total. The lowest BCUT2D eigenvalue weighted by Crippen LogP contribution is -2.06. The summed E-state index contributed by atoms with van der Waals surface area (Å²) in [5.41, 5.74) is 9.26. The quantitative estimate of drug-likeness (QED) is 0.246. The van der Waals surface area contributed by atoms with Gasteiger partial charge in [0.25, 0.3) is 0 Å². The van der Waals surface area contributed by atoms with E-state index in [0.29, 0.717) is 11.8 Å². The van der Waals surface area contributed by atoms with Crippen LogP contribution in [0.3, 0.4) is 0 Å². The van der Waals surface area contributed by atoms with Gasteiger partial charge in [-0.2, -0.15) is 5.10 Å². The zero-order valence-electron chi connectivity index (χ0n) is 16.0. The number of rotatable bonds is 11. The molecule has 0 spiro atoms. The van der Waals surface area contributed by atoms with Crippen molar-refractivity contribution in [1.82, 2.24) is 0 Å². The molecule has 4 nitrogen and oxygen atoms in total. The Hall–Kier alpha value is -2.11. The van der Waals surface area contributed by atoms with E-state index in [1.54, 1.807) is 6.21 Å². The van der Waals surface area contributed by atoms with E-state index in [2.05, 4.69) is 41.4 Å². The van der Waals surface area contributed by atoms with E-state index in [1.165, 1.54) is 36.6 Å². The first-order valence-corrected chi connectivity index (χ1v) is 10.5. The monoisotopic (exact) mass is 383 g/mol. The molecule has 0 radical (unpaired) electrons. The molecule has 0 atom stereocenters. The Morgan fingerprint density at radius 2 is 1.85 bits per heavy atom. The first kappa shape index (κ1) is 21.2. The van der Waals surface area contributed by atoms with Gasteiger partial charge in [-0.15, -0.1) is 5.10 Å². The number of thioether (sulfide) groups is 1. The fraction of sp³-hybridized carbons (Fsp3) is 0.364. The molecular formula is C22H29N3OS. The van der Waals surface area contributed by atoms with Crippen molar-refractivity contribution < 1.29 is 4.74 Å². The predicted molar refractivity (Wildman–Crippen MR) is 117 cm³/mol. The maximum Gasteiger partial charge on any atom is 0.180 e. The summed E-state index contributed by atoms with van der Waals surface area (Å²) in [7, 11) is 0. The highest BCUT2D eigenvalue weighted by Gasteiger charge is 1.97. The highest BCUT2D eigenvalue weighted by molar-refractivity contribution is 8.13. The second kappa shape index (κ2) is 13.1. The van der Waals surface area contributed by atoms with Crippen LogP contribution in [0.25, 0.3) is 0 Å². The van der Waals surface area contributed by atoms with Gasteiger partial charge in [-0.25, -0.2) is 0 Å². The van der Waals surface area contributed by atoms with Gasteiger partial charge in [0, 0.05) is 12.4 Å². The van der Waals surface area contributed by atoms with Crippen molar-refractivity contribution in [3.05, 3.63) is 71.3 Å². The van der Waals surface area contributed by atoms with Crippen molar-refractivity contribution in [3.8, 4) is 0 Å². The predicted octanol–water partition coefficient (Wildman–Crippen LogP) is 5.37. The molecular weight excluding hydrogens is 354 g/mol. The van der Waals surface area contributed by atoms with E-state index in [1.807, 2.05) is 30.3 Å². The van der Waals surface area contributed by atoms with Gasteiger partial charge in [0.1, 0.15) is 0 Å². The smallest absolute Gasteiger partial charge is 0.180 e. The van der Waals surface area contributed by atoms with Crippen LogP contribution in [0.15, 0.2) is 64.8 Å². The fourth-order valence-electron chi connectivity index (χ4n) is 2.50. The summed E-state index contributed by atoms with van der Waals surface area (Å²) < 4.78 is 5.74. The Labute approximate surface area is 166 Å². The summed E-state index contributed by atoms with van der Waals surface area (Å²) in [5, 5.41) is 8.63. The summed E-state index contributed by atoms with van der Waals surface area (Å²) in [5.74, 6) is 0.788. The molecule has 0 fully saturated rings. The van der Waals surface area contributed by atoms with Crippen LogP contribution in [0.2, 0.25) is 0 Å². The van der Waals surface area contributed by atoms with Gasteiger partial charge in [0.05, 0.1) is 12.8 Å². The van der Waals surface area contributed by atoms with E-state index in [9.17, 15) is 0 Å². The standard InChI is InChI=1S/C22H29N3OS/c1-2-3-4-8-14-26-17-21-13-9-12-20(15-21)16-24-25-22(23)27-18-19-10-6-5-7-11-19/h5-7,9-13,15-16H,2-4,8,14,17-18H2,1H3,(H2,23,25). The third-order valence-electron chi connectivity index (χ3n) is 3.95. The summed E-state index contributed by atoms with van der Waals surface area (Å²) in [6.45, 7) is 3.66. The molecule has 0 amide bonds. The van der Waals surface area contributed by atoms with Crippen LogP contribution >= 0.6 is 11.8 Å². The van der Waals surface area contributed by atoms with Gasteiger partial charge in [0.2, 0.25) is 0 Å². The number of nitrogens with zero attached hydrogens (tertiary/aromatic N) is 2. The van der Waals surface area contributed by atoms with Gasteiger partial charge < -0.3 is 10.5 Å². The SMILES string of the molecule is CCCCCCOCc1cccc(C=NN=C(N)SCc2ccccc2)c1. The van der Waals surface area contributed by atoms with Crippen molar-refractivity contribution in [2.45, 2.75) is 45.0 Å². The van der Waals surface area contributed by atoms with Gasteiger partial charge in [0.15, 0.2) is 5.17 Å². The molecule has 0 bridgehead atoms. The summed E-state index contributed by atoms with van der Waals surface area (Å²) in [6, 6.07) is 18.3. The van der Waals surface area contributed by atoms with E-state index in [0.717, 1.165) is 29.9 Å². The maximum atomic E-state index is 5.91. The molecule has 0 saturated heterocycles. The minimum Gasteiger partial charge on any atom is -0.377 e. The molecule has 0 heterocycles. The number of ether oxygens (including phenoxy) is 1. The van der Waals surface area contributed by atoms with E-state index >= 15 is 0 Å². The van der Waals surface area contributed by atoms with Crippen LogP contribution in [0.5, 0.6) is 0 Å². The second-order valence-electron chi connectivity index (χ2n) is 6.32. The first-order chi connectivity index (χ1) is 13.3. The molecule has 0 aliphatic heterocycles. The van der Waals surface area contributed by atoms with Gasteiger partial charge in [-0.1, -0.05) is 86.5 Å². The van der Waals surface area contributed by atoms with Crippen molar-refractivity contribution in [1.29, 1.82) is 0 Å². The number of hydrogen-bond donors (Lipinski definition) is 1. The second-order valence-corrected chi connectivity index (χ2v) is 7.31. The average Bonchev–Trinajstić information content (AvgIpc) is 2.70. The van der Waals surface area contributed by atoms with E-state index in [-0.39, 0.29) is 0 Å². The van der Waals surface area contributed by atoms with E-state index in [4.69, 9.17) is 10.5 Å². The number of nitrogens with two attached hydrogens (primary N) is 1. The zero-order chi connectivity index (χ0) is 19.2. The third-order valence-corrected chi connectivity index (χ3v) is 4.81. The summed E-state index contributed by atoms with van der Waals surface area (Å²) in [6.07, 6.45) is 6.62. The molecule has 0 aliphatic carbocycles. The molecule has 2 aromatic rings. The van der Waals surface area contributed by atoms with Crippen LogP contribution in [0.4, 0.5) is 0 Å². The Balaban J connectivity index is 1.75. The van der Waals surface area contributed by atoms with Crippen LogP contribution in [-0.4, -0.2) is 18.0 Å². The number of amidine groups is 1. The summed E-state index contributed by atoms with van der Waals surface area (Å²) in [4.78, 5) is 0. The Morgan fingerprint density at radius 1 is 1.04 bits per heavy atom. The normalized spacial score (nSPS) is 12.0. The Kier molecular flexibility index (Phi) is 10.3. The molecule has 5 heteroatoms. The zero-order valence-corrected chi connectivity index (χ0v) is 16.8. The van der Waals surface area contributed by atoms with Gasteiger partial charge in [-0.05, 0) is 29.2 Å². The Bertz CT molecular complexity index is 717. The number of benzene rings is 2. The largest absolute Gasteiger partial charge is 0.377 e. The topological polar surface area (TPSA) is 60.0 Å². The lowest BCUT2D eigenvalue weighted by molar-refractivity contribution is 0.117. The minimum atomic E-state index is 0.460. The van der Waals surface area contributed by atoms with Crippen LogP contribution in [0.1, 0.15) is 49.3 Å². The lowest BCUT2D eigenvalue weighted by Gasteiger charge is -2.05. The van der Waals surface area contributed by atoms with Crippen LogP contribution < -0.4 is 5.73 Å². The lowest BCUT2D eigenvalue weighted by atomic mass is 10.1. The first-order valence-electron chi connectivity index (χ1n) is 9.48. The third kappa shape index (κ3) is 9.40. The Morgan fingerprint density at radius 3 is 2.67 bits per heavy atom. The maximum absolute atomic E-state index is 5.91. The number of unbranched alkanes of at least 4 members (excludes halogenated alkanes) is 3. The highest BCUT2D eigenvalue weighted by Crippen LogP contribution is 2.11. The molecule has 2 rings (SSSR count). The van der Waals surface area contributed by atoms with E-state index < -0.39 is 0 Å². The van der Waals surface area contributed by atoms with Gasteiger partial charge >= 0.3 is 0 Å². The van der Waals surface area contributed by atoms with Crippen molar-refractivity contribution in [3.63, 3.8) is 0 Å². The molecule has 0 aliphatic rings. The molecule has 144 valence electrons. The van der Waals surface area contributed by atoms with Gasteiger partial charge in [-0.3, -0.25) is 0 Å². The van der Waals surface area contributed by atoms with Crippen LogP contribution in [0, 0.1) is 0 Å². The molecule has 0 unspecified atom stereocenters.